The van der Waals surface area contributed by atoms with Crippen molar-refractivity contribution in [2.75, 3.05) is 14.2 Å². The monoisotopic (exact) mass is 474 g/mol. The van der Waals surface area contributed by atoms with Crippen LogP contribution in [0.1, 0.15) is 29.1 Å². The Morgan fingerprint density at radius 2 is 1.72 bits per heavy atom. The van der Waals surface area contributed by atoms with Crippen molar-refractivity contribution in [2.45, 2.75) is 43.9 Å². The molecule has 1 heterocycles. The van der Waals surface area contributed by atoms with Crippen molar-refractivity contribution < 1.29 is 22.6 Å². The molecule has 0 atom stereocenters. The number of hydrogen-bond donors (Lipinski definition) is 0. The van der Waals surface area contributed by atoms with E-state index in [2.05, 4.69) is 4.98 Å². The summed E-state index contributed by atoms with van der Waals surface area (Å²) in [5.74, 6) is 1.66. The van der Waals surface area contributed by atoms with Crippen LogP contribution in [-0.2, 0) is 23.2 Å². The van der Waals surface area contributed by atoms with Crippen molar-refractivity contribution in [1.82, 2.24) is 9.29 Å². The highest BCUT2D eigenvalue weighted by Gasteiger charge is 2.38. The minimum Gasteiger partial charge on any atom is -0.493 e. The Balaban J connectivity index is 1.48. The Kier molecular flexibility index (Phi) is 6.68. The van der Waals surface area contributed by atoms with E-state index < -0.39 is 10.0 Å². The van der Waals surface area contributed by atoms with E-state index >= 15 is 0 Å². The zero-order valence-electron chi connectivity index (χ0n) is 18.3. The summed E-state index contributed by atoms with van der Waals surface area (Å²) in [6.07, 6.45) is 1.75. The molecule has 1 saturated carbocycles. The molecule has 1 aromatic heterocycles. The summed E-state index contributed by atoms with van der Waals surface area (Å²) in [4.78, 5) is 4.93. The fourth-order valence-electron chi connectivity index (χ4n) is 3.36. The number of para-hydroxylation sites is 1. The van der Waals surface area contributed by atoms with Gasteiger partial charge in [-0.1, -0.05) is 23.8 Å². The standard InChI is InChI=1S/C23H26N2O5S2/c1-16-7-11-19(12-8-16)32(26,27)25(18-9-10-18)13-17-15-31-22(24-17)14-30-23-20(28-2)5-4-6-21(23)29-3/h4-8,11-12,15,18H,9-10,13-14H2,1-3H3. The maximum atomic E-state index is 13.2. The number of sulfonamides is 1. The smallest absolute Gasteiger partial charge is 0.243 e. The molecule has 32 heavy (non-hydrogen) atoms. The number of rotatable bonds is 10. The molecule has 0 saturated heterocycles. The van der Waals surface area contributed by atoms with Crippen molar-refractivity contribution in [3.63, 3.8) is 0 Å². The van der Waals surface area contributed by atoms with Gasteiger partial charge in [0.25, 0.3) is 0 Å². The Bertz CT molecular complexity index is 1150. The van der Waals surface area contributed by atoms with E-state index in [0.29, 0.717) is 27.8 Å². The molecule has 7 nitrogen and oxygen atoms in total. The second kappa shape index (κ2) is 9.48. The number of nitrogens with zero attached hydrogens (tertiary/aromatic N) is 2. The van der Waals surface area contributed by atoms with Gasteiger partial charge in [-0.3, -0.25) is 0 Å². The number of methoxy groups -OCH3 is 2. The number of ether oxygens (including phenoxy) is 3. The average molecular weight is 475 g/mol. The third-order valence-electron chi connectivity index (χ3n) is 5.22. The number of hydrogen-bond acceptors (Lipinski definition) is 7. The van der Waals surface area contributed by atoms with Gasteiger partial charge in [0.1, 0.15) is 11.6 Å². The number of aromatic nitrogens is 1. The maximum Gasteiger partial charge on any atom is 0.243 e. The van der Waals surface area contributed by atoms with E-state index in [1.165, 1.54) is 11.3 Å². The van der Waals surface area contributed by atoms with Gasteiger partial charge in [-0.25, -0.2) is 13.4 Å². The third-order valence-corrected chi connectivity index (χ3v) is 8.01. The van der Waals surface area contributed by atoms with Gasteiger partial charge in [-0.2, -0.15) is 4.31 Å². The highest BCUT2D eigenvalue weighted by Crippen LogP contribution is 2.38. The SMILES string of the molecule is COc1cccc(OC)c1OCc1nc(CN(C2CC2)S(=O)(=O)c2ccc(C)cc2)cs1. The molecule has 0 N–H and O–H groups in total. The summed E-state index contributed by atoms with van der Waals surface area (Å²) in [6.45, 7) is 2.42. The van der Waals surface area contributed by atoms with Crippen molar-refractivity contribution >= 4 is 21.4 Å². The molecule has 0 aliphatic heterocycles. The van der Waals surface area contributed by atoms with Crippen LogP contribution in [0.25, 0.3) is 0 Å². The second-order valence-corrected chi connectivity index (χ2v) is 10.4. The summed E-state index contributed by atoms with van der Waals surface area (Å²) in [7, 11) is -0.436. The van der Waals surface area contributed by atoms with E-state index in [9.17, 15) is 8.42 Å². The topological polar surface area (TPSA) is 78.0 Å². The largest absolute Gasteiger partial charge is 0.493 e. The van der Waals surface area contributed by atoms with Gasteiger partial charge in [0.2, 0.25) is 15.8 Å². The molecule has 0 unspecified atom stereocenters. The zero-order chi connectivity index (χ0) is 22.7. The predicted molar refractivity (Wildman–Crippen MR) is 123 cm³/mol. The van der Waals surface area contributed by atoms with Crippen molar-refractivity contribution in [2.24, 2.45) is 0 Å². The van der Waals surface area contributed by atoms with E-state index in [4.69, 9.17) is 14.2 Å². The van der Waals surface area contributed by atoms with Crippen LogP contribution in [0.15, 0.2) is 52.7 Å². The molecule has 9 heteroatoms. The van der Waals surface area contributed by atoms with Gasteiger partial charge >= 0.3 is 0 Å². The highest BCUT2D eigenvalue weighted by atomic mass is 32.2. The number of aryl methyl sites for hydroxylation is 1. The summed E-state index contributed by atoms with van der Waals surface area (Å²) in [5, 5.41) is 2.63. The van der Waals surface area contributed by atoms with E-state index in [0.717, 1.165) is 23.4 Å². The minimum atomic E-state index is -3.58. The third kappa shape index (κ3) is 4.90. The highest BCUT2D eigenvalue weighted by molar-refractivity contribution is 7.89. The minimum absolute atomic E-state index is 0.0283. The first kappa shape index (κ1) is 22.6. The van der Waals surface area contributed by atoms with Crippen molar-refractivity contribution in [3.8, 4) is 17.2 Å². The predicted octanol–water partition coefficient (Wildman–Crippen LogP) is 4.40. The maximum absolute atomic E-state index is 13.2. The fraction of sp³-hybridized carbons (Fsp3) is 0.348. The van der Waals surface area contributed by atoms with E-state index in [1.54, 1.807) is 42.8 Å². The van der Waals surface area contributed by atoms with Crippen molar-refractivity contribution in [1.29, 1.82) is 0 Å². The average Bonchev–Trinajstić information content (AvgIpc) is 3.54. The van der Waals surface area contributed by atoms with Gasteiger partial charge in [0.15, 0.2) is 11.5 Å². The molecule has 0 spiro atoms. The van der Waals surface area contributed by atoms with Gasteiger partial charge in [0.05, 0.1) is 31.4 Å². The molecule has 1 aliphatic carbocycles. The van der Waals surface area contributed by atoms with Crippen LogP contribution in [0.3, 0.4) is 0 Å². The van der Waals surface area contributed by atoms with Crippen LogP contribution in [0.4, 0.5) is 0 Å². The van der Waals surface area contributed by atoms with Crippen LogP contribution >= 0.6 is 11.3 Å². The number of thiazole rings is 1. The normalized spacial score (nSPS) is 13.9. The lowest BCUT2D eigenvalue weighted by molar-refractivity contribution is 0.265. The van der Waals surface area contributed by atoms with Crippen LogP contribution in [0, 0.1) is 6.92 Å². The van der Waals surface area contributed by atoms with Crippen LogP contribution in [0.2, 0.25) is 0 Å². The fourth-order valence-corrected chi connectivity index (χ4v) is 5.71. The summed E-state index contributed by atoms with van der Waals surface area (Å²) >= 11 is 1.44. The molecule has 0 bridgehead atoms. The second-order valence-electron chi connectivity index (χ2n) is 7.61. The van der Waals surface area contributed by atoms with Gasteiger partial charge in [-0.05, 0) is 44.0 Å². The quantitative estimate of drug-likeness (QED) is 0.433. The van der Waals surface area contributed by atoms with Crippen LogP contribution in [0.5, 0.6) is 17.2 Å². The molecule has 2 aromatic carbocycles. The summed E-state index contributed by atoms with van der Waals surface area (Å²) in [5.41, 5.74) is 1.74. The number of benzene rings is 2. The lowest BCUT2D eigenvalue weighted by Gasteiger charge is -2.21. The van der Waals surface area contributed by atoms with Gasteiger partial charge < -0.3 is 14.2 Å². The van der Waals surface area contributed by atoms with E-state index in [-0.39, 0.29) is 19.2 Å². The molecule has 170 valence electrons. The summed E-state index contributed by atoms with van der Waals surface area (Å²) < 4.78 is 44.7. The van der Waals surface area contributed by atoms with Crippen LogP contribution < -0.4 is 14.2 Å². The Hall–Kier alpha value is -2.62. The van der Waals surface area contributed by atoms with E-state index in [1.807, 2.05) is 30.5 Å². The molecule has 0 radical (unpaired) electrons. The first-order chi connectivity index (χ1) is 15.4. The Morgan fingerprint density at radius 1 is 1.06 bits per heavy atom. The molecule has 0 amide bonds. The van der Waals surface area contributed by atoms with Crippen molar-refractivity contribution in [3.05, 3.63) is 64.1 Å². The first-order valence-electron chi connectivity index (χ1n) is 10.3. The lowest BCUT2D eigenvalue weighted by atomic mass is 10.2. The molecule has 3 aromatic rings. The Morgan fingerprint density at radius 3 is 2.31 bits per heavy atom. The molecule has 4 rings (SSSR count). The molecule has 1 fully saturated rings. The Labute approximate surface area is 192 Å². The van der Waals surface area contributed by atoms with Crippen LogP contribution in [-0.4, -0.2) is 38.0 Å². The lowest BCUT2D eigenvalue weighted by Crippen LogP contribution is -2.32. The summed E-state index contributed by atoms with van der Waals surface area (Å²) in [6, 6.07) is 12.4. The molecular weight excluding hydrogens is 448 g/mol. The first-order valence-corrected chi connectivity index (χ1v) is 12.6. The molecular formula is C23H26N2O5S2. The van der Waals surface area contributed by atoms with Gasteiger partial charge in [-0.15, -0.1) is 11.3 Å². The molecule has 1 aliphatic rings. The van der Waals surface area contributed by atoms with Gasteiger partial charge in [0, 0.05) is 11.4 Å². The zero-order valence-corrected chi connectivity index (χ0v) is 19.9.